The van der Waals surface area contributed by atoms with Crippen molar-refractivity contribution in [2.45, 2.75) is 44.9 Å². The zero-order valence-corrected chi connectivity index (χ0v) is 13.0. The van der Waals surface area contributed by atoms with Gasteiger partial charge in [-0.2, -0.15) is 0 Å². The van der Waals surface area contributed by atoms with Crippen LogP contribution in [0.3, 0.4) is 0 Å². The first-order valence-corrected chi connectivity index (χ1v) is 8.29. The fourth-order valence-corrected chi connectivity index (χ4v) is 3.14. The van der Waals surface area contributed by atoms with Crippen LogP contribution < -0.4 is 4.72 Å². The van der Waals surface area contributed by atoms with Gasteiger partial charge in [0.15, 0.2) is 0 Å². The van der Waals surface area contributed by atoms with E-state index < -0.39 is 10.0 Å². The summed E-state index contributed by atoms with van der Waals surface area (Å²) in [5.74, 6) is 1.30. The Kier molecular flexibility index (Phi) is 4.87. The van der Waals surface area contributed by atoms with Gasteiger partial charge in [-0.15, -0.1) is 0 Å². The number of aliphatic hydroxyl groups is 1. The molecule has 6 nitrogen and oxygen atoms in total. The van der Waals surface area contributed by atoms with E-state index in [2.05, 4.69) is 4.72 Å². The van der Waals surface area contributed by atoms with Crippen molar-refractivity contribution in [2.75, 3.05) is 0 Å². The summed E-state index contributed by atoms with van der Waals surface area (Å²) in [4.78, 5) is 0.156. The third-order valence-electron chi connectivity index (χ3n) is 3.13. The largest absolute Gasteiger partial charge is 0.465 e. The molecule has 0 aliphatic carbocycles. The highest BCUT2D eigenvalue weighted by molar-refractivity contribution is 7.89. The molecule has 2 aromatic rings. The molecule has 0 aromatic carbocycles. The molecule has 0 fully saturated rings. The maximum atomic E-state index is 12.3. The molecular formula is C14H20N2O4S. The van der Waals surface area contributed by atoms with Gasteiger partial charge in [0.2, 0.25) is 10.0 Å². The van der Waals surface area contributed by atoms with Gasteiger partial charge < -0.3 is 14.1 Å². The minimum absolute atomic E-state index is 0.101. The molecule has 0 spiro atoms. The van der Waals surface area contributed by atoms with Crippen LogP contribution >= 0.6 is 0 Å². The van der Waals surface area contributed by atoms with E-state index in [9.17, 15) is 13.5 Å². The Morgan fingerprint density at radius 1 is 1.38 bits per heavy atom. The van der Waals surface area contributed by atoms with Crippen LogP contribution in [0.1, 0.15) is 30.6 Å². The molecule has 2 heterocycles. The Balaban J connectivity index is 2.15. The highest BCUT2D eigenvalue weighted by Gasteiger charge is 2.18. The van der Waals surface area contributed by atoms with Gasteiger partial charge >= 0.3 is 0 Å². The number of rotatable bonds is 7. The summed E-state index contributed by atoms with van der Waals surface area (Å²) in [6, 6.07) is 5.01. The molecule has 0 amide bonds. The molecule has 2 aromatic heterocycles. The predicted octanol–water partition coefficient (Wildman–Crippen LogP) is 1.77. The smallest absolute Gasteiger partial charge is 0.242 e. The van der Waals surface area contributed by atoms with E-state index in [4.69, 9.17) is 4.42 Å². The fraction of sp³-hybridized carbons (Fsp3) is 0.429. The molecule has 2 rings (SSSR count). The van der Waals surface area contributed by atoms with E-state index in [1.807, 2.05) is 6.92 Å². The molecule has 7 heteroatoms. The van der Waals surface area contributed by atoms with Crippen molar-refractivity contribution in [1.82, 2.24) is 9.29 Å². The lowest BCUT2D eigenvalue weighted by Crippen LogP contribution is -2.22. The number of hydrogen-bond donors (Lipinski definition) is 2. The standard InChI is InChI=1S/C14H20N2O4S/c1-3-6-16-9-14(7-12(16)10-17)21(18,19)15-8-13-5-4-11(2)20-13/h4-5,7,9,15,17H,3,6,8,10H2,1-2H3. The third-order valence-corrected chi connectivity index (χ3v) is 4.50. The highest BCUT2D eigenvalue weighted by atomic mass is 32.2. The Labute approximate surface area is 124 Å². The molecule has 21 heavy (non-hydrogen) atoms. The lowest BCUT2D eigenvalue weighted by Gasteiger charge is -2.04. The molecule has 0 bridgehead atoms. The van der Waals surface area contributed by atoms with Gasteiger partial charge in [-0.25, -0.2) is 13.1 Å². The number of nitrogens with one attached hydrogen (secondary N) is 1. The molecule has 0 atom stereocenters. The summed E-state index contributed by atoms with van der Waals surface area (Å²) >= 11 is 0. The van der Waals surface area contributed by atoms with E-state index in [1.165, 1.54) is 6.07 Å². The Morgan fingerprint density at radius 2 is 2.14 bits per heavy atom. The normalized spacial score (nSPS) is 12.0. The maximum absolute atomic E-state index is 12.3. The van der Waals surface area contributed by atoms with Crippen molar-refractivity contribution in [3.05, 3.63) is 41.6 Å². The Morgan fingerprint density at radius 3 is 2.71 bits per heavy atom. The lowest BCUT2D eigenvalue weighted by atomic mass is 10.4. The van der Waals surface area contributed by atoms with E-state index in [0.717, 1.165) is 12.2 Å². The van der Waals surface area contributed by atoms with Gasteiger partial charge in [-0.1, -0.05) is 6.92 Å². The number of aliphatic hydroxyl groups excluding tert-OH is 1. The molecular weight excluding hydrogens is 292 g/mol. The number of sulfonamides is 1. The second kappa shape index (κ2) is 6.46. The van der Waals surface area contributed by atoms with E-state index >= 15 is 0 Å². The van der Waals surface area contributed by atoms with Crippen molar-refractivity contribution in [1.29, 1.82) is 0 Å². The molecule has 0 unspecified atom stereocenters. The average molecular weight is 312 g/mol. The summed E-state index contributed by atoms with van der Waals surface area (Å²) in [7, 11) is -3.62. The van der Waals surface area contributed by atoms with Crippen LogP contribution in [0.5, 0.6) is 0 Å². The Hall–Kier alpha value is -1.57. The van der Waals surface area contributed by atoms with Crippen molar-refractivity contribution < 1.29 is 17.9 Å². The van der Waals surface area contributed by atoms with E-state index in [1.54, 1.807) is 29.8 Å². The van der Waals surface area contributed by atoms with E-state index in [0.29, 0.717) is 18.0 Å². The second-order valence-corrected chi connectivity index (χ2v) is 6.62. The fourth-order valence-electron chi connectivity index (χ4n) is 2.08. The van der Waals surface area contributed by atoms with Gasteiger partial charge in [0.25, 0.3) is 0 Å². The number of furan rings is 1. The lowest BCUT2D eigenvalue weighted by molar-refractivity contribution is 0.270. The minimum atomic E-state index is -3.62. The first-order valence-electron chi connectivity index (χ1n) is 6.81. The third kappa shape index (κ3) is 3.75. The number of nitrogens with zero attached hydrogens (tertiary/aromatic N) is 1. The van der Waals surface area contributed by atoms with Gasteiger partial charge in [0.05, 0.1) is 18.0 Å². The summed E-state index contributed by atoms with van der Waals surface area (Å²) in [6.07, 6.45) is 2.41. The van der Waals surface area contributed by atoms with Crippen LogP contribution in [-0.4, -0.2) is 18.1 Å². The Bertz CT molecular complexity index is 700. The van der Waals surface area contributed by atoms with Gasteiger partial charge in [0, 0.05) is 18.4 Å². The van der Waals surface area contributed by atoms with Crippen molar-refractivity contribution >= 4 is 10.0 Å². The summed E-state index contributed by atoms with van der Waals surface area (Å²) in [6.45, 7) is 4.38. The highest BCUT2D eigenvalue weighted by Crippen LogP contribution is 2.16. The summed E-state index contributed by atoms with van der Waals surface area (Å²) in [5, 5.41) is 9.28. The molecule has 0 radical (unpaired) electrons. The molecule has 0 saturated heterocycles. The molecule has 0 aliphatic heterocycles. The van der Waals surface area contributed by atoms with Crippen LogP contribution in [0.15, 0.2) is 33.7 Å². The molecule has 2 N–H and O–H groups in total. The zero-order chi connectivity index (χ0) is 15.5. The van der Waals surface area contributed by atoms with Crippen molar-refractivity contribution in [3.63, 3.8) is 0 Å². The zero-order valence-electron chi connectivity index (χ0n) is 12.2. The summed E-state index contributed by atoms with van der Waals surface area (Å²) < 4.78 is 34.1. The van der Waals surface area contributed by atoms with Crippen molar-refractivity contribution in [2.24, 2.45) is 0 Å². The quantitative estimate of drug-likeness (QED) is 0.816. The predicted molar refractivity (Wildman–Crippen MR) is 78.1 cm³/mol. The number of hydrogen-bond acceptors (Lipinski definition) is 4. The molecule has 116 valence electrons. The molecule has 0 saturated carbocycles. The topological polar surface area (TPSA) is 84.5 Å². The van der Waals surface area contributed by atoms with Crippen molar-refractivity contribution in [3.8, 4) is 0 Å². The first-order chi connectivity index (χ1) is 9.96. The maximum Gasteiger partial charge on any atom is 0.242 e. The summed E-state index contributed by atoms with van der Waals surface area (Å²) in [5.41, 5.74) is 0.589. The minimum Gasteiger partial charge on any atom is -0.465 e. The van der Waals surface area contributed by atoms with Gasteiger partial charge in [0.1, 0.15) is 11.5 Å². The van der Waals surface area contributed by atoms with E-state index in [-0.39, 0.29) is 18.0 Å². The monoisotopic (exact) mass is 312 g/mol. The van der Waals surface area contributed by atoms with Crippen LogP contribution in [-0.2, 0) is 29.7 Å². The number of aromatic nitrogens is 1. The number of aryl methyl sites for hydroxylation is 2. The molecule has 0 aliphatic rings. The SMILES string of the molecule is CCCn1cc(S(=O)(=O)NCc2ccc(C)o2)cc1CO. The van der Waals surface area contributed by atoms with Crippen LogP contribution in [0.2, 0.25) is 0 Å². The van der Waals surface area contributed by atoms with Crippen LogP contribution in [0.4, 0.5) is 0 Å². The van der Waals surface area contributed by atoms with Crippen LogP contribution in [0, 0.1) is 6.92 Å². The first kappa shape index (κ1) is 15.8. The van der Waals surface area contributed by atoms with Gasteiger partial charge in [-0.05, 0) is 31.5 Å². The van der Waals surface area contributed by atoms with Gasteiger partial charge in [-0.3, -0.25) is 0 Å². The average Bonchev–Trinajstić information content (AvgIpc) is 3.04. The second-order valence-electron chi connectivity index (χ2n) is 4.86. The van der Waals surface area contributed by atoms with Crippen LogP contribution in [0.25, 0.3) is 0 Å².